The summed E-state index contributed by atoms with van der Waals surface area (Å²) in [6.07, 6.45) is 3.49. The smallest absolute Gasteiger partial charge is 0.266 e. The van der Waals surface area contributed by atoms with Crippen LogP contribution >= 0.6 is 0 Å². The minimum Gasteiger partial charge on any atom is -0.480 e. The van der Waals surface area contributed by atoms with E-state index >= 15 is 0 Å². The Labute approximate surface area is 139 Å². The highest BCUT2D eigenvalue weighted by molar-refractivity contribution is 6.05. The number of pyridine rings is 1. The Hall–Kier alpha value is -2.89. The lowest BCUT2D eigenvalue weighted by Gasteiger charge is -2.33. The summed E-state index contributed by atoms with van der Waals surface area (Å²) in [5, 5.41) is 0. The fourth-order valence-electron chi connectivity index (χ4n) is 3.21. The van der Waals surface area contributed by atoms with Gasteiger partial charge in [0.15, 0.2) is 18.2 Å². The van der Waals surface area contributed by atoms with Crippen molar-refractivity contribution >= 4 is 23.3 Å². The number of anilines is 2. The number of para-hydroxylation sites is 1. The zero-order valence-electron chi connectivity index (χ0n) is 13.1. The Morgan fingerprint density at radius 2 is 2.08 bits per heavy atom. The van der Waals surface area contributed by atoms with Gasteiger partial charge in [0.25, 0.3) is 5.91 Å². The molecule has 2 aromatic rings. The molecule has 0 fully saturated rings. The molecule has 3 heterocycles. The molecule has 2 aliphatic heterocycles. The van der Waals surface area contributed by atoms with Gasteiger partial charge in [-0.25, -0.2) is 4.98 Å². The number of benzene rings is 1. The second kappa shape index (κ2) is 5.96. The van der Waals surface area contributed by atoms with Crippen molar-refractivity contribution in [3.8, 4) is 5.75 Å². The van der Waals surface area contributed by atoms with E-state index < -0.39 is 0 Å². The van der Waals surface area contributed by atoms with E-state index in [-0.39, 0.29) is 25.0 Å². The zero-order chi connectivity index (χ0) is 16.5. The van der Waals surface area contributed by atoms with Crippen LogP contribution in [0.3, 0.4) is 0 Å². The van der Waals surface area contributed by atoms with E-state index in [1.54, 1.807) is 23.2 Å². The van der Waals surface area contributed by atoms with Gasteiger partial charge in [0, 0.05) is 18.4 Å². The van der Waals surface area contributed by atoms with E-state index in [2.05, 4.69) is 4.98 Å². The van der Waals surface area contributed by atoms with Gasteiger partial charge in [-0.15, -0.1) is 0 Å². The molecule has 0 saturated carbocycles. The maximum absolute atomic E-state index is 12.8. The summed E-state index contributed by atoms with van der Waals surface area (Å²) in [6.45, 7) is 0.576. The number of amides is 2. The molecule has 0 aliphatic carbocycles. The Kier molecular flexibility index (Phi) is 3.65. The summed E-state index contributed by atoms with van der Waals surface area (Å²) < 4.78 is 5.37. The van der Waals surface area contributed by atoms with E-state index in [9.17, 15) is 9.59 Å². The molecule has 122 valence electrons. The summed E-state index contributed by atoms with van der Waals surface area (Å²) >= 11 is 0. The average molecular weight is 323 g/mol. The SMILES string of the molecule is O=C(CN1C(=O)COc2cccnc21)N1CCCc2ccccc21. The summed E-state index contributed by atoms with van der Waals surface area (Å²) in [7, 11) is 0. The lowest BCUT2D eigenvalue weighted by Crippen LogP contribution is -2.48. The number of hydrogen-bond donors (Lipinski definition) is 0. The Bertz CT molecular complexity index is 806. The van der Waals surface area contributed by atoms with E-state index in [0.717, 1.165) is 18.5 Å². The molecule has 0 radical (unpaired) electrons. The molecule has 0 atom stereocenters. The number of aryl methyl sites for hydroxylation is 1. The first kappa shape index (κ1) is 14.7. The third kappa shape index (κ3) is 2.50. The Balaban J connectivity index is 1.60. The van der Waals surface area contributed by atoms with Gasteiger partial charge in [-0.1, -0.05) is 18.2 Å². The lowest BCUT2D eigenvalue weighted by molar-refractivity contribution is -0.124. The van der Waals surface area contributed by atoms with Crippen LogP contribution in [0.1, 0.15) is 12.0 Å². The summed E-state index contributed by atoms with van der Waals surface area (Å²) in [5.74, 6) is 0.588. The fourth-order valence-corrected chi connectivity index (χ4v) is 3.21. The number of rotatable bonds is 2. The maximum atomic E-state index is 12.8. The van der Waals surface area contributed by atoms with Crippen LogP contribution in [0.25, 0.3) is 0 Å². The van der Waals surface area contributed by atoms with Gasteiger partial charge in [-0.05, 0) is 36.6 Å². The van der Waals surface area contributed by atoms with Crippen LogP contribution in [0.5, 0.6) is 5.75 Å². The van der Waals surface area contributed by atoms with Gasteiger partial charge in [-0.3, -0.25) is 14.5 Å². The number of carbonyl (C=O) groups is 2. The molecule has 4 rings (SSSR count). The van der Waals surface area contributed by atoms with Crippen molar-refractivity contribution in [3.05, 3.63) is 48.2 Å². The first-order chi connectivity index (χ1) is 11.7. The van der Waals surface area contributed by atoms with Crippen molar-refractivity contribution in [1.82, 2.24) is 4.98 Å². The number of carbonyl (C=O) groups excluding carboxylic acids is 2. The van der Waals surface area contributed by atoms with Crippen molar-refractivity contribution in [2.45, 2.75) is 12.8 Å². The molecular weight excluding hydrogens is 306 g/mol. The number of aromatic nitrogens is 1. The first-order valence-electron chi connectivity index (χ1n) is 8.00. The van der Waals surface area contributed by atoms with E-state index in [4.69, 9.17) is 4.74 Å². The molecule has 0 spiro atoms. The van der Waals surface area contributed by atoms with Crippen molar-refractivity contribution < 1.29 is 14.3 Å². The Morgan fingerprint density at radius 3 is 3.00 bits per heavy atom. The average Bonchev–Trinajstić information content (AvgIpc) is 2.63. The van der Waals surface area contributed by atoms with Crippen molar-refractivity contribution in [1.29, 1.82) is 0 Å². The molecule has 0 unspecified atom stereocenters. The van der Waals surface area contributed by atoms with Crippen molar-refractivity contribution in [2.24, 2.45) is 0 Å². The number of hydrogen-bond acceptors (Lipinski definition) is 4. The number of ether oxygens (including phenoxy) is 1. The molecule has 6 heteroatoms. The highest BCUT2D eigenvalue weighted by Crippen LogP contribution is 2.30. The third-order valence-corrected chi connectivity index (χ3v) is 4.36. The molecule has 0 saturated heterocycles. The predicted molar refractivity (Wildman–Crippen MR) is 89.2 cm³/mol. The molecule has 1 aromatic heterocycles. The molecule has 1 aromatic carbocycles. The standard InChI is InChI=1S/C18H17N3O3/c22-16(20-10-4-6-13-5-1-2-7-14(13)20)11-21-17(23)12-24-15-8-3-9-19-18(15)21/h1-3,5,7-9H,4,6,10-12H2. The van der Waals surface area contributed by atoms with Crippen LogP contribution in [0.4, 0.5) is 11.5 Å². The quantitative estimate of drug-likeness (QED) is 0.845. The van der Waals surface area contributed by atoms with Gasteiger partial charge in [-0.2, -0.15) is 0 Å². The largest absolute Gasteiger partial charge is 0.480 e. The molecule has 0 bridgehead atoms. The first-order valence-corrected chi connectivity index (χ1v) is 8.00. The summed E-state index contributed by atoms with van der Waals surface area (Å²) in [6, 6.07) is 11.4. The lowest BCUT2D eigenvalue weighted by atomic mass is 10.0. The minimum absolute atomic E-state index is 0.0272. The zero-order valence-corrected chi connectivity index (χ0v) is 13.1. The highest BCUT2D eigenvalue weighted by Gasteiger charge is 2.31. The van der Waals surface area contributed by atoms with Crippen molar-refractivity contribution in [2.75, 3.05) is 29.5 Å². The second-order valence-corrected chi connectivity index (χ2v) is 5.87. The molecule has 0 N–H and O–H groups in total. The van der Waals surface area contributed by atoms with Crippen LogP contribution in [0.2, 0.25) is 0 Å². The maximum Gasteiger partial charge on any atom is 0.266 e. The monoisotopic (exact) mass is 323 g/mol. The normalized spacial score (nSPS) is 16.2. The highest BCUT2D eigenvalue weighted by atomic mass is 16.5. The molecular formula is C18H17N3O3. The van der Waals surface area contributed by atoms with Gasteiger partial charge >= 0.3 is 0 Å². The number of fused-ring (bicyclic) bond motifs is 2. The van der Waals surface area contributed by atoms with Crippen molar-refractivity contribution in [3.63, 3.8) is 0 Å². The summed E-state index contributed by atoms with van der Waals surface area (Å²) in [5.41, 5.74) is 2.11. The molecule has 2 aliphatic rings. The molecule has 24 heavy (non-hydrogen) atoms. The van der Waals surface area contributed by atoms with Crippen LogP contribution in [-0.2, 0) is 16.0 Å². The van der Waals surface area contributed by atoms with Crippen LogP contribution < -0.4 is 14.5 Å². The molecule has 6 nitrogen and oxygen atoms in total. The van der Waals surface area contributed by atoms with E-state index in [1.807, 2.05) is 24.3 Å². The van der Waals surface area contributed by atoms with Gasteiger partial charge < -0.3 is 9.64 Å². The second-order valence-electron chi connectivity index (χ2n) is 5.87. The topological polar surface area (TPSA) is 62.7 Å². The fraction of sp³-hybridized carbons (Fsp3) is 0.278. The van der Waals surface area contributed by atoms with Gasteiger partial charge in [0.05, 0.1) is 0 Å². The molecule has 2 amide bonds. The Morgan fingerprint density at radius 1 is 1.21 bits per heavy atom. The number of nitrogens with zero attached hydrogens (tertiary/aromatic N) is 3. The van der Waals surface area contributed by atoms with E-state index in [1.165, 1.54) is 10.5 Å². The van der Waals surface area contributed by atoms with Crippen LogP contribution in [0, 0.1) is 0 Å². The van der Waals surface area contributed by atoms with Crippen LogP contribution in [0.15, 0.2) is 42.6 Å². The van der Waals surface area contributed by atoms with E-state index in [0.29, 0.717) is 18.1 Å². The summed E-state index contributed by atoms with van der Waals surface area (Å²) in [4.78, 5) is 32.4. The van der Waals surface area contributed by atoms with Gasteiger partial charge in [0.2, 0.25) is 5.91 Å². The predicted octanol–water partition coefficient (Wildman–Crippen LogP) is 1.79. The van der Waals surface area contributed by atoms with Gasteiger partial charge in [0.1, 0.15) is 6.54 Å². The third-order valence-electron chi connectivity index (χ3n) is 4.36. The minimum atomic E-state index is -0.250. The van der Waals surface area contributed by atoms with Crippen LogP contribution in [-0.4, -0.2) is 36.5 Å².